The van der Waals surface area contributed by atoms with E-state index in [9.17, 15) is 4.79 Å². The summed E-state index contributed by atoms with van der Waals surface area (Å²) in [5.74, 6) is -0.0364. The van der Waals surface area contributed by atoms with E-state index in [1.165, 1.54) is 18.0 Å². The summed E-state index contributed by atoms with van der Waals surface area (Å²) in [5.41, 5.74) is 2.03. The monoisotopic (exact) mass is 165 g/mol. The summed E-state index contributed by atoms with van der Waals surface area (Å²) in [4.78, 5) is 11.0. The smallest absolute Gasteiger partial charge is 0.245 e. The SMILES string of the molecule is CC(=O)n1nnc2c1CCCC2. The van der Waals surface area contributed by atoms with E-state index >= 15 is 0 Å². The topological polar surface area (TPSA) is 47.8 Å². The van der Waals surface area contributed by atoms with Crippen LogP contribution in [-0.2, 0) is 12.8 Å². The molecule has 0 aromatic carbocycles. The number of aromatic nitrogens is 3. The van der Waals surface area contributed by atoms with Gasteiger partial charge in [-0.1, -0.05) is 5.21 Å². The molecule has 2 rings (SSSR count). The first-order valence-corrected chi connectivity index (χ1v) is 4.23. The molecule has 0 fully saturated rings. The number of nitrogens with zero attached hydrogens (tertiary/aromatic N) is 3. The van der Waals surface area contributed by atoms with Gasteiger partial charge in [0.2, 0.25) is 5.91 Å². The fourth-order valence-corrected chi connectivity index (χ4v) is 1.62. The molecular weight excluding hydrogens is 154 g/mol. The van der Waals surface area contributed by atoms with Crippen LogP contribution in [0.1, 0.15) is 35.9 Å². The lowest BCUT2D eigenvalue weighted by atomic mass is 10.0. The molecule has 0 aliphatic heterocycles. The van der Waals surface area contributed by atoms with Crippen molar-refractivity contribution in [1.29, 1.82) is 0 Å². The van der Waals surface area contributed by atoms with Crippen molar-refractivity contribution >= 4 is 5.91 Å². The molecule has 0 unspecified atom stereocenters. The number of hydrogen-bond acceptors (Lipinski definition) is 3. The maximum absolute atomic E-state index is 11.0. The minimum Gasteiger partial charge on any atom is -0.273 e. The second-order valence-electron chi connectivity index (χ2n) is 3.12. The number of aryl methyl sites for hydroxylation is 1. The molecule has 0 N–H and O–H groups in total. The average Bonchev–Trinajstić information content (AvgIpc) is 2.47. The van der Waals surface area contributed by atoms with Crippen molar-refractivity contribution in [3.63, 3.8) is 0 Å². The van der Waals surface area contributed by atoms with Gasteiger partial charge in [-0.2, -0.15) is 4.68 Å². The highest BCUT2D eigenvalue weighted by Gasteiger charge is 2.18. The highest BCUT2D eigenvalue weighted by Crippen LogP contribution is 2.17. The van der Waals surface area contributed by atoms with Crippen LogP contribution < -0.4 is 0 Å². The molecule has 1 heterocycles. The van der Waals surface area contributed by atoms with Crippen LogP contribution in [0.4, 0.5) is 0 Å². The lowest BCUT2D eigenvalue weighted by molar-refractivity contribution is 0.0915. The molecule has 0 amide bonds. The molecule has 1 aromatic rings. The van der Waals surface area contributed by atoms with Gasteiger partial charge in [0.25, 0.3) is 0 Å². The standard InChI is InChI=1S/C8H11N3O/c1-6(12)11-8-5-3-2-4-7(8)9-10-11/h2-5H2,1H3. The maximum atomic E-state index is 11.0. The van der Waals surface area contributed by atoms with Crippen LogP contribution in [0.15, 0.2) is 0 Å². The Morgan fingerprint density at radius 1 is 1.42 bits per heavy atom. The fraction of sp³-hybridized carbons (Fsp3) is 0.625. The lowest BCUT2D eigenvalue weighted by Gasteiger charge is -2.09. The van der Waals surface area contributed by atoms with Crippen molar-refractivity contribution in [2.45, 2.75) is 32.6 Å². The van der Waals surface area contributed by atoms with E-state index in [-0.39, 0.29) is 5.91 Å². The van der Waals surface area contributed by atoms with E-state index < -0.39 is 0 Å². The van der Waals surface area contributed by atoms with Gasteiger partial charge in [0, 0.05) is 6.92 Å². The van der Waals surface area contributed by atoms with E-state index in [0.29, 0.717) is 0 Å². The molecule has 4 nitrogen and oxygen atoms in total. The van der Waals surface area contributed by atoms with E-state index in [4.69, 9.17) is 0 Å². The Balaban J connectivity index is 2.44. The van der Waals surface area contributed by atoms with E-state index in [2.05, 4.69) is 10.3 Å². The Hall–Kier alpha value is -1.19. The van der Waals surface area contributed by atoms with Gasteiger partial charge in [0.15, 0.2) is 0 Å². The van der Waals surface area contributed by atoms with Crippen molar-refractivity contribution in [3.05, 3.63) is 11.4 Å². The summed E-state index contributed by atoms with van der Waals surface area (Å²) >= 11 is 0. The van der Waals surface area contributed by atoms with E-state index in [1.54, 1.807) is 0 Å². The molecule has 0 saturated carbocycles. The normalized spacial score (nSPS) is 15.8. The maximum Gasteiger partial charge on any atom is 0.245 e. The molecule has 0 spiro atoms. The zero-order chi connectivity index (χ0) is 8.55. The molecule has 0 atom stereocenters. The third kappa shape index (κ3) is 1.03. The summed E-state index contributed by atoms with van der Waals surface area (Å²) in [6.07, 6.45) is 4.24. The molecule has 1 aliphatic carbocycles. The molecule has 0 bridgehead atoms. The van der Waals surface area contributed by atoms with Gasteiger partial charge < -0.3 is 0 Å². The highest BCUT2D eigenvalue weighted by molar-refractivity contribution is 5.75. The van der Waals surface area contributed by atoms with Crippen LogP contribution in [0.2, 0.25) is 0 Å². The first kappa shape index (κ1) is 7.46. The third-order valence-electron chi connectivity index (χ3n) is 2.22. The first-order valence-electron chi connectivity index (χ1n) is 4.23. The Morgan fingerprint density at radius 3 is 2.92 bits per heavy atom. The van der Waals surface area contributed by atoms with Gasteiger partial charge in [-0.15, -0.1) is 5.10 Å². The van der Waals surface area contributed by atoms with Crippen molar-refractivity contribution in [2.75, 3.05) is 0 Å². The molecule has 0 radical (unpaired) electrons. The average molecular weight is 165 g/mol. The second kappa shape index (κ2) is 2.69. The third-order valence-corrected chi connectivity index (χ3v) is 2.22. The minimum atomic E-state index is -0.0364. The number of carbonyl (C=O) groups is 1. The van der Waals surface area contributed by atoms with Gasteiger partial charge in [-0.05, 0) is 25.7 Å². The van der Waals surface area contributed by atoms with Gasteiger partial charge in [0.05, 0.1) is 11.4 Å². The van der Waals surface area contributed by atoms with Crippen LogP contribution in [-0.4, -0.2) is 20.9 Å². The Labute approximate surface area is 70.6 Å². The zero-order valence-corrected chi connectivity index (χ0v) is 7.08. The van der Waals surface area contributed by atoms with Gasteiger partial charge in [-0.3, -0.25) is 4.79 Å². The van der Waals surface area contributed by atoms with E-state index in [0.717, 1.165) is 30.7 Å². The Morgan fingerprint density at radius 2 is 2.17 bits per heavy atom. The largest absolute Gasteiger partial charge is 0.273 e. The number of rotatable bonds is 0. The molecular formula is C8H11N3O. The molecule has 1 aromatic heterocycles. The van der Waals surface area contributed by atoms with Crippen molar-refractivity contribution in [1.82, 2.24) is 15.0 Å². The van der Waals surface area contributed by atoms with Crippen LogP contribution in [0.3, 0.4) is 0 Å². The predicted octanol–water partition coefficient (Wildman–Crippen LogP) is 0.817. The summed E-state index contributed by atoms with van der Waals surface area (Å²) in [7, 11) is 0. The van der Waals surface area contributed by atoms with Gasteiger partial charge in [-0.25, -0.2) is 0 Å². The molecule has 1 aliphatic rings. The molecule has 64 valence electrons. The number of fused-ring (bicyclic) bond motifs is 1. The molecule has 4 heteroatoms. The summed E-state index contributed by atoms with van der Waals surface area (Å²) in [5, 5.41) is 7.78. The highest BCUT2D eigenvalue weighted by atomic mass is 16.2. The number of hydrogen-bond donors (Lipinski definition) is 0. The van der Waals surface area contributed by atoms with E-state index in [1.807, 2.05) is 0 Å². The summed E-state index contributed by atoms with van der Waals surface area (Å²) < 4.78 is 1.43. The summed E-state index contributed by atoms with van der Waals surface area (Å²) in [6, 6.07) is 0. The van der Waals surface area contributed by atoms with Crippen LogP contribution in [0, 0.1) is 0 Å². The van der Waals surface area contributed by atoms with Crippen molar-refractivity contribution in [3.8, 4) is 0 Å². The Bertz CT molecular complexity index is 316. The number of carbonyl (C=O) groups excluding carboxylic acids is 1. The van der Waals surface area contributed by atoms with Crippen molar-refractivity contribution in [2.24, 2.45) is 0 Å². The van der Waals surface area contributed by atoms with Crippen LogP contribution >= 0.6 is 0 Å². The zero-order valence-electron chi connectivity index (χ0n) is 7.08. The van der Waals surface area contributed by atoms with Gasteiger partial charge >= 0.3 is 0 Å². The summed E-state index contributed by atoms with van der Waals surface area (Å²) in [6.45, 7) is 1.52. The minimum absolute atomic E-state index is 0.0364. The predicted molar refractivity (Wildman–Crippen MR) is 43.0 cm³/mol. The van der Waals surface area contributed by atoms with Crippen LogP contribution in [0.5, 0.6) is 0 Å². The second-order valence-corrected chi connectivity index (χ2v) is 3.12. The van der Waals surface area contributed by atoms with Crippen LogP contribution in [0.25, 0.3) is 0 Å². The van der Waals surface area contributed by atoms with Gasteiger partial charge in [0.1, 0.15) is 0 Å². The Kier molecular flexibility index (Phi) is 1.67. The first-order chi connectivity index (χ1) is 5.79. The lowest BCUT2D eigenvalue weighted by Crippen LogP contribution is -2.14. The fourth-order valence-electron chi connectivity index (χ4n) is 1.62. The van der Waals surface area contributed by atoms with Crippen molar-refractivity contribution < 1.29 is 4.79 Å². The molecule has 0 saturated heterocycles. The quantitative estimate of drug-likeness (QED) is 0.571. The molecule has 12 heavy (non-hydrogen) atoms.